The fraction of sp³-hybridized carbons (Fsp3) is 0.500. The van der Waals surface area contributed by atoms with Gasteiger partial charge >= 0.3 is 23.8 Å². The number of nitro benzene ring substituents is 1. The largest absolute Gasteiger partial charge is 0.508 e. The number of imide groups is 1. The number of ether oxygens (including phenoxy) is 5. The summed E-state index contributed by atoms with van der Waals surface area (Å²) in [5, 5.41) is 24.4. The van der Waals surface area contributed by atoms with E-state index < -0.39 is 100 Å². The number of aliphatic hydroxyl groups excluding tert-OH is 1. The number of esters is 2. The molecule has 2 saturated heterocycles. The van der Waals surface area contributed by atoms with E-state index in [4.69, 9.17) is 23.7 Å². The fourth-order valence-corrected chi connectivity index (χ4v) is 9.06. The van der Waals surface area contributed by atoms with E-state index in [-0.39, 0.29) is 43.2 Å². The number of benzene rings is 2. The van der Waals surface area contributed by atoms with Gasteiger partial charge in [-0.2, -0.15) is 0 Å². The summed E-state index contributed by atoms with van der Waals surface area (Å²) >= 11 is 1.56. The zero-order valence-electron chi connectivity index (χ0n) is 36.4. The van der Waals surface area contributed by atoms with Crippen molar-refractivity contribution in [3.8, 4) is 5.75 Å². The minimum atomic E-state index is -1.52. The maximum Gasteiger partial charge on any atom is 0.508 e. The SMILES string of the molecule is C=CC[C@H]1C(=O)C(C)(C)[C@@H](O)CC(=O)O[C@H](c2ccc3sc(C)nc3c2)C[C@@H]2O[C@]2(C)CCC[C@H](C)[C@@H]1OC(=O)OCc1ccc(OC(=O)CCCN2C(=O)C=CC2=O)c([N+](=O)[O-])c1. The number of hydrogen-bond acceptors (Lipinski definition) is 16. The topological polar surface area (TPSA) is 231 Å². The number of epoxide rings is 1. The molecule has 0 spiro atoms. The van der Waals surface area contributed by atoms with Crippen LogP contribution >= 0.6 is 11.3 Å². The van der Waals surface area contributed by atoms with Crippen LogP contribution in [0.4, 0.5) is 10.5 Å². The molecule has 0 radical (unpaired) electrons. The van der Waals surface area contributed by atoms with Crippen LogP contribution in [0.15, 0.2) is 61.2 Å². The molecule has 4 heterocycles. The van der Waals surface area contributed by atoms with Gasteiger partial charge in [0.05, 0.1) is 55.7 Å². The quantitative estimate of drug-likeness (QED) is 0.0356. The molecular formula is C46H53N3O14S. The van der Waals surface area contributed by atoms with Gasteiger partial charge in [-0.05, 0) is 74.8 Å². The highest BCUT2D eigenvalue weighted by Gasteiger charge is 2.53. The normalized spacial score (nSPS) is 26.2. The summed E-state index contributed by atoms with van der Waals surface area (Å²) in [7, 11) is 0. The first-order valence-corrected chi connectivity index (χ1v) is 22.0. The molecule has 3 aliphatic rings. The van der Waals surface area contributed by atoms with Gasteiger partial charge in [-0.25, -0.2) is 9.78 Å². The molecule has 3 aromatic rings. The van der Waals surface area contributed by atoms with E-state index in [1.807, 2.05) is 39.0 Å². The van der Waals surface area contributed by atoms with Crippen LogP contribution in [0.2, 0.25) is 0 Å². The molecule has 0 saturated carbocycles. The van der Waals surface area contributed by atoms with Gasteiger partial charge in [0.1, 0.15) is 24.6 Å². The molecule has 2 aromatic carbocycles. The van der Waals surface area contributed by atoms with Crippen molar-refractivity contribution in [1.29, 1.82) is 0 Å². The predicted octanol–water partition coefficient (Wildman–Crippen LogP) is 7.34. The molecule has 0 unspecified atom stereocenters. The lowest BCUT2D eigenvalue weighted by atomic mass is 9.71. The van der Waals surface area contributed by atoms with E-state index in [0.717, 1.165) is 43.9 Å². The number of carbonyl (C=O) groups excluding carboxylic acids is 6. The zero-order chi connectivity index (χ0) is 46.5. The third-order valence-corrected chi connectivity index (χ3v) is 13.2. The Morgan fingerprint density at radius 3 is 2.55 bits per heavy atom. The van der Waals surface area contributed by atoms with Crippen molar-refractivity contribution in [2.45, 2.75) is 123 Å². The Morgan fingerprint density at radius 2 is 1.84 bits per heavy atom. The first kappa shape index (κ1) is 47.6. The summed E-state index contributed by atoms with van der Waals surface area (Å²) in [6, 6.07) is 9.37. The van der Waals surface area contributed by atoms with Gasteiger partial charge in [0.2, 0.25) is 5.75 Å². The number of nitro groups is 1. The number of Topliss-reactive ketones (excluding diaryl/α,β-unsaturated/α-hetero) is 1. The average molecular weight is 904 g/mol. The second kappa shape index (κ2) is 19.9. The number of ketones is 1. The summed E-state index contributed by atoms with van der Waals surface area (Å²) in [6.07, 6.45) is 0.634. The summed E-state index contributed by atoms with van der Waals surface area (Å²) in [6.45, 7) is 12.1. The lowest BCUT2D eigenvalue weighted by Crippen LogP contribution is -2.47. The number of aromatic nitrogens is 1. The highest BCUT2D eigenvalue weighted by Crippen LogP contribution is 2.47. The minimum Gasteiger partial charge on any atom is -0.457 e. The summed E-state index contributed by atoms with van der Waals surface area (Å²) in [4.78, 5) is 94.3. The molecule has 1 N–H and O–H groups in total. The van der Waals surface area contributed by atoms with Crippen molar-refractivity contribution in [2.24, 2.45) is 17.3 Å². The molecule has 7 atom stereocenters. The molecule has 18 heteroatoms. The van der Waals surface area contributed by atoms with Crippen LogP contribution in [0.5, 0.6) is 5.75 Å². The van der Waals surface area contributed by atoms with Crippen molar-refractivity contribution in [2.75, 3.05) is 6.54 Å². The lowest BCUT2D eigenvalue weighted by Gasteiger charge is -2.37. The highest BCUT2D eigenvalue weighted by molar-refractivity contribution is 7.18. The van der Waals surface area contributed by atoms with Crippen molar-refractivity contribution in [1.82, 2.24) is 9.88 Å². The Hall–Kier alpha value is -5.85. The number of aliphatic hydroxyl groups is 1. The number of thiazole rings is 1. The number of fused-ring (bicyclic) bond motifs is 2. The van der Waals surface area contributed by atoms with Crippen molar-refractivity contribution in [3.05, 3.63) is 87.5 Å². The lowest BCUT2D eigenvalue weighted by molar-refractivity contribution is -0.385. The van der Waals surface area contributed by atoms with Gasteiger partial charge in [0.25, 0.3) is 11.8 Å². The number of rotatable bonds is 12. The van der Waals surface area contributed by atoms with E-state index in [0.29, 0.717) is 25.7 Å². The monoisotopic (exact) mass is 903 g/mol. The summed E-state index contributed by atoms with van der Waals surface area (Å²) in [5.41, 5.74) is -0.929. The van der Waals surface area contributed by atoms with Crippen LogP contribution in [-0.2, 0) is 49.5 Å². The number of aryl methyl sites for hydroxylation is 1. The van der Waals surface area contributed by atoms with Gasteiger partial charge < -0.3 is 28.8 Å². The molecule has 6 rings (SSSR count). The van der Waals surface area contributed by atoms with Gasteiger partial charge in [-0.15, -0.1) is 17.9 Å². The number of carbonyl (C=O) groups is 6. The molecule has 0 bridgehead atoms. The summed E-state index contributed by atoms with van der Waals surface area (Å²) < 4.78 is 29.8. The van der Waals surface area contributed by atoms with E-state index in [9.17, 15) is 44.0 Å². The molecule has 3 aliphatic heterocycles. The Bertz CT molecular complexity index is 2340. The molecule has 342 valence electrons. The molecule has 2 fully saturated rings. The molecule has 0 aliphatic carbocycles. The second-order valence-electron chi connectivity index (χ2n) is 17.3. The van der Waals surface area contributed by atoms with Crippen LogP contribution in [0.25, 0.3) is 10.2 Å². The number of amides is 2. The molecule has 64 heavy (non-hydrogen) atoms. The Morgan fingerprint density at radius 1 is 1.11 bits per heavy atom. The van der Waals surface area contributed by atoms with Crippen LogP contribution in [0, 0.1) is 34.3 Å². The van der Waals surface area contributed by atoms with Crippen LogP contribution in [0.1, 0.15) is 101 Å². The average Bonchev–Trinajstić information content (AvgIpc) is 3.52. The van der Waals surface area contributed by atoms with E-state index in [1.165, 1.54) is 32.1 Å². The minimum absolute atomic E-state index is 0.0330. The van der Waals surface area contributed by atoms with Crippen LogP contribution in [-0.4, -0.2) is 86.1 Å². The Labute approximate surface area is 373 Å². The number of allylic oxidation sites excluding steroid dienone is 1. The van der Waals surface area contributed by atoms with Crippen LogP contribution < -0.4 is 4.74 Å². The first-order valence-electron chi connectivity index (χ1n) is 21.2. The third-order valence-electron chi connectivity index (χ3n) is 12.2. The van der Waals surface area contributed by atoms with Gasteiger partial charge in [0.15, 0.2) is 0 Å². The highest BCUT2D eigenvalue weighted by atomic mass is 32.1. The van der Waals surface area contributed by atoms with Gasteiger partial charge in [-0.1, -0.05) is 45.4 Å². The molecule has 2 amide bonds. The van der Waals surface area contributed by atoms with E-state index >= 15 is 0 Å². The standard InChI is InChI=1S/C46H53N3O14S/c1-7-10-30-42(62-44(56)59-25-28-13-15-33(32(21-28)49(57)58)60-40(53)12-9-20-48-38(51)17-18-39(48)52)26(2)11-8-19-46(6)37(63-46)23-34(29-14-16-35-31(22-29)47-27(3)64-35)61-41(54)24-36(50)45(4,5)43(30)55/h7,13-18,21-22,26,30,34,36-37,42,50H,1,8-12,19-20,23-25H2,2-6H3/t26-,30+,34-,36-,37-,42-,46+/m0/s1. The smallest absolute Gasteiger partial charge is 0.457 e. The third kappa shape index (κ3) is 11.3. The number of nitrogens with zero attached hydrogens (tertiary/aromatic N) is 3. The molecular weight excluding hydrogens is 851 g/mol. The fourth-order valence-electron chi connectivity index (χ4n) is 8.26. The zero-order valence-corrected chi connectivity index (χ0v) is 37.3. The van der Waals surface area contributed by atoms with Crippen LogP contribution in [0.3, 0.4) is 0 Å². The van der Waals surface area contributed by atoms with Gasteiger partial charge in [0, 0.05) is 37.6 Å². The maximum atomic E-state index is 14.5. The van der Waals surface area contributed by atoms with Crippen molar-refractivity contribution in [3.63, 3.8) is 0 Å². The van der Waals surface area contributed by atoms with Crippen molar-refractivity contribution >= 4 is 62.9 Å². The van der Waals surface area contributed by atoms with E-state index in [2.05, 4.69) is 11.6 Å². The summed E-state index contributed by atoms with van der Waals surface area (Å²) in [5.74, 6) is -4.80. The maximum absolute atomic E-state index is 14.5. The Balaban J connectivity index is 1.14. The predicted molar refractivity (Wildman–Crippen MR) is 231 cm³/mol. The first-order chi connectivity index (χ1) is 30.3. The molecule has 17 nitrogen and oxygen atoms in total. The van der Waals surface area contributed by atoms with Crippen molar-refractivity contribution < 1.29 is 62.5 Å². The van der Waals surface area contributed by atoms with Gasteiger partial charge in [-0.3, -0.25) is 39.0 Å². The van der Waals surface area contributed by atoms with E-state index in [1.54, 1.807) is 11.3 Å². The Kier molecular flexibility index (Phi) is 14.8. The molecule has 1 aromatic heterocycles. The number of hydrogen-bond donors (Lipinski definition) is 1. The number of cyclic esters (lactones) is 1. The second-order valence-corrected chi connectivity index (χ2v) is 18.6.